The minimum absolute atomic E-state index is 0.202. The fourth-order valence-electron chi connectivity index (χ4n) is 1.06. The van der Waals surface area contributed by atoms with Gasteiger partial charge in [-0.1, -0.05) is 12.1 Å². The summed E-state index contributed by atoms with van der Waals surface area (Å²) in [5, 5.41) is 2.59. The van der Waals surface area contributed by atoms with Gasteiger partial charge in [-0.05, 0) is 18.2 Å². The van der Waals surface area contributed by atoms with E-state index in [1.54, 1.807) is 24.3 Å². The molecule has 0 amide bonds. The molecule has 0 bridgehead atoms. The minimum atomic E-state index is -4.49. The van der Waals surface area contributed by atoms with E-state index in [1.807, 2.05) is 0 Å². The molecule has 0 saturated carbocycles. The zero-order valence-electron chi connectivity index (χ0n) is 7.88. The Morgan fingerprint density at radius 2 is 2.19 bits per heavy atom. The van der Waals surface area contributed by atoms with Crippen LogP contribution in [0.5, 0.6) is 0 Å². The molecular formula is C10H6F3N2O. The summed E-state index contributed by atoms with van der Waals surface area (Å²) < 4.78 is 41.2. The summed E-state index contributed by atoms with van der Waals surface area (Å²) in [7, 11) is 0. The highest BCUT2D eigenvalue weighted by Gasteiger charge is 2.34. The van der Waals surface area contributed by atoms with E-state index in [0.717, 1.165) is 0 Å². The lowest BCUT2D eigenvalue weighted by molar-refractivity contribution is -0.141. The van der Waals surface area contributed by atoms with E-state index in [2.05, 4.69) is 20.8 Å². The largest absolute Gasteiger partial charge is 0.436 e. The fraction of sp³-hybridized carbons (Fsp3) is 0.100. The van der Waals surface area contributed by atoms with Gasteiger partial charge in [-0.25, -0.2) is 0 Å². The molecule has 0 atom stereocenters. The molecule has 6 heteroatoms. The summed E-state index contributed by atoms with van der Waals surface area (Å²) in [6.45, 7) is 0. The van der Waals surface area contributed by atoms with Crippen LogP contribution in [0, 0.1) is 6.07 Å². The van der Waals surface area contributed by atoms with Gasteiger partial charge in [0.2, 0.25) is 0 Å². The molecular weight excluding hydrogens is 221 g/mol. The molecule has 3 nitrogen and oxygen atoms in total. The SMILES string of the molecule is FC(F)(F)c1coc(Nc2c[c]ccc2)n1. The van der Waals surface area contributed by atoms with Crippen molar-refractivity contribution in [2.45, 2.75) is 6.18 Å². The number of halogens is 3. The van der Waals surface area contributed by atoms with Crippen LogP contribution >= 0.6 is 0 Å². The number of aromatic nitrogens is 1. The molecule has 0 aliphatic heterocycles. The van der Waals surface area contributed by atoms with Crippen LogP contribution in [0.3, 0.4) is 0 Å². The summed E-state index contributed by atoms with van der Waals surface area (Å²) in [6, 6.07) is 9.15. The second-order valence-corrected chi connectivity index (χ2v) is 2.95. The zero-order chi connectivity index (χ0) is 11.6. The van der Waals surface area contributed by atoms with Gasteiger partial charge in [-0.3, -0.25) is 0 Å². The lowest BCUT2D eigenvalue weighted by Gasteiger charge is -2.00. The number of alkyl halides is 3. The topological polar surface area (TPSA) is 38.1 Å². The van der Waals surface area contributed by atoms with Crippen molar-refractivity contribution in [2.24, 2.45) is 0 Å². The number of nitrogens with one attached hydrogen (secondary N) is 1. The molecule has 2 rings (SSSR count). The Labute approximate surface area is 88.9 Å². The molecule has 0 unspecified atom stereocenters. The van der Waals surface area contributed by atoms with Gasteiger partial charge < -0.3 is 9.73 Å². The van der Waals surface area contributed by atoms with Gasteiger partial charge in [0.15, 0.2) is 5.69 Å². The molecule has 0 spiro atoms. The van der Waals surface area contributed by atoms with Crippen molar-refractivity contribution in [3.63, 3.8) is 0 Å². The maximum atomic E-state index is 12.2. The number of oxazole rings is 1. The number of rotatable bonds is 2. The first kappa shape index (κ1) is 10.5. The van der Waals surface area contributed by atoms with E-state index in [9.17, 15) is 13.2 Å². The monoisotopic (exact) mass is 227 g/mol. The number of benzene rings is 1. The highest BCUT2D eigenvalue weighted by Crippen LogP contribution is 2.29. The standard InChI is InChI=1S/C10H6F3N2O/c11-10(12,13)8-6-16-9(15-8)14-7-4-2-1-3-5-7/h1-2,4-6H,(H,14,15). The Kier molecular flexibility index (Phi) is 2.55. The highest BCUT2D eigenvalue weighted by molar-refractivity contribution is 5.51. The molecule has 16 heavy (non-hydrogen) atoms. The molecule has 0 aliphatic carbocycles. The molecule has 0 saturated heterocycles. The van der Waals surface area contributed by atoms with E-state index in [1.165, 1.54) is 0 Å². The summed E-state index contributed by atoms with van der Waals surface area (Å²) in [5.41, 5.74) is -0.506. The van der Waals surface area contributed by atoms with E-state index in [-0.39, 0.29) is 6.01 Å². The van der Waals surface area contributed by atoms with Crippen molar-refractivity contribution in [1.82, 2.24) is 4.98 Å². The van der Waals surface area contributed by atoms with E-state index < -0.39 is 11.9 Å². The van der Waals surface area contributed by atoms with Crippen LogP contribution in [0.25, 0.3) is 0 Å². The molecule has 1 aromatic heterocycles. The minimum Gasteiger partial charge on any atom is -0.431 e. The molecule has 1 heterocycles. The molecule has 1 N–H and O–H groups in total. The third-order valence-corrected chi connectivity index (χ3v) is 1.75. The van der Waals surface area contributed by atoms with Crippen molar-refractivity contribution in [1.29, 1.82) is 0 Å². The lowest BCUT2D eigenvalue weighted by Crippen LogP contribution is -2.05. The summed E-state index contributed by atoms with van der Waals surface area (Å²) in [6.07, 6.45) is -3.93. The zero-order valence-corrected chi connectivity index (χ0v) is 7.88. The van der Waals surface area contributed by atoms with Crippen molar-refractivity contribution >= 4 is 11.7 Å². The first-order valence-electron chi connectivity index (χ1n) is 4.31. The molecule has 1 aromatic carbocycles. The summed E-state index contributed by atoms with van der Waals surface area (Å²) in [5.74, 6) is 0. The van der Waals surface area contributed by atoms with Gasteiger partial charge in [-0.2, -0.15) is 18.2 Å². The van der Waals surface area contributed by atoms with E-state index in [4.69, 9.17) is 0 Å². The second kappa shape index (κ2) is 3.88. The van der Waals surface area contributed by atoms with Crippen LogP contribution in [-0.2, 0) is 6.18 Å². The van der Waals surface area contributed by atoms with Gasteiger partial charge in [0.1, 0.15) is 6.26 Å². The van der Waals surface area contributed by atoms with Gasteiger partial charge in [0, 0.05) is 5.69 Å². The predicted octanol–water partition coefficient (Wildman–Crippen LogP) is 3.24. The normalized spacial score (nSPS) is 11.4. The maximum Gasteiger partial charge on any atom is 0.436 e. The van der Waals surface area contributed by atoms with E-state index >= 15 is 0 Å². The third-order valence-electron chi connectivity index (χ3n) is 1.75. The number of hydrogen-bond acceptors (Lipinski definition) is 3. The number of nitrogens with zero attached hydrogens (tertiary/aromatic N) is 1. The Hall–Kier alpha value is -1.98. The lowest BCUT2D eigenvalue weighted by atomic mass is 10.3. The Morgan fingerprint density at radius 3 is 2.75 bits per heavy atom. The van der Waals surface area contributed by atoms with Crippen molar-refractivity contribution in [3.05, 3.63) is 42.3 Å². The smallest absolute Gasteiger partial charge is 0.431 e. The van der Waals surface area contributed by atoms with Crippen LogP contribution in [0.4, 0.5) is 24.9 Å². The number of hydrogen-bond donors (Lipinski definition) is 1. The van der Waals surface area contributed by atoms with Crippen LogP contribution in [0.1, 0.15) is 5.69 Å². The molecule has 2 aromatic rings. The fourth-order valence-corrected chi connectivity index (χ4v) is 1.06. The summed E-state index contributed by atoms with van der Waals surface area (Å²) in [4.78, 5) is 3.26. The first-order valence-corrected chi connectivity index (χ1v) is 4.31. The van der Waals surface area contributed by atoms with Crippen LogP contribution in [0.2, 0.25) is 0 Å². The number of anilines is 2. The quantitative estimate of drug-likeness (QED) is 0.855. The Balaban J connectivity index is 2.15. The predicted molar refractivity (Wildman–Crippen MR) is 50.1 cm³/mol. The molecule has 0 aliphatic rings. The average molecular weight is 227 g/mol. The molecule has 0 fully saturated rings. The van der Waals surface area contributed by atoms with Gasteiger partial charge >= 0.3 is 6.18 Å². The van der Waals surface area contributed by atoms with Crippen LogP contribution in [0.15, 0.2) is 34.9 Å². The first-order chi connectivity index (χ1) is 7.55. The maximum absolute atomic E-state index is 12.2. The van der Waals surface area contributed by atoms with Crippen molar-refractivity contribution in [2.75, 3.05) is 5.32 Å². The Morgan fingerprint density at radius 1 is 1.38 bits per heavy atom. The van der Waals surface area contributed by atoms with Gasteiger partial charge in [0.05, 0.1) is 0 Å². The average Bonchev–Trinajstić information content (AvgIpc) is 2.67. The second-order valence-electron chi connectivity index (χ2n) is 2.95. The Bertz CT molecular complexity index is 464. The summed E-state index contributed by atoms with van der Waals surface area (Å²) >= 11 is 0. The van der Waals surface area contributed by atoms with Gasteiger partial charge in [-0.15, -0.1) is 0 Å². The molecule has 83 valence electrons. The van der Waals surface area contributed by atoms with Crippen molar-refractivity contribution < 1.29 is 17.6 Å². The molecule has 1 radical (unpaired) electrons. The highest BCUT2D eigenvalue weighted by atomic mass is 19.4. The third kappa shape index (κ3) is 2.33. The van der Waals surface area contributed by atoms with E-state index in [0.29, 0.717) is 12.0 Å². The van der Waals surface area contributed by atoms with Crippen molar-refractivity contribution in [3.8, 4) is 0 Å². The van der Waals surface area contributed by atoms with Crippen LogP contribution in [-0.4, -0.2) is 4.98 Å². The van der Waals surface area contributed by atoms with Crippen LogP contribution < -0.4 is 5.32 Å². The van der Waals surface area contributed by atoms with Gasteiger partial charge in [0.25, 0.3) is 6.01 Å².